The van der Waals surface area contributed by atoms with Crippen LogP contribution in [0.2, 0.25) is 0 Å². The summed E-state index contributed by atoms with van der Waals surface area (Å²) in [7, 11) is 0. The number of alkyl halides is 2. The Balaban J connectivity index is 0.00000169. The van der Waals surface area contributed by atoms with Crippen molar-refractivity contribution in [2.75, 3.05) is 11.9 Å². The Morgan fingerprint density at radius 3 is 2.79 bits per heavy atom. The Morgan fingerprint density at radius 2 is 2.29 bits per heavy atom. The molecule has 1 heterocycles. The summed E-state index contributed by atoms with van der Waals surface area (Å²) in [6.07, 6.45) is 3.35. The molecule has 0 aromatic carbocycles. The van der Waals surface area contributed by atoms with Crippen molar-refractivity contribution in [2.24, 2.45) is 0 Å². The van der Waals surface area contributed by atoms with Crippen LogP contribution in [-0.2, 0) is 0 Å². The molecule has 6 heteroatoms. The average Bonchev–Trinajstić information content (AvgIpc) is 2.53. The van der Waals surface area contributed by atoms with E-state index in [2.05, 4.69) is 17.3 Å². The van der Waals surface area contributed by atoms with E-state index < -0.39 is 6.55 Å². The fourth-order valence-electron chi connectivity index (χ4n) is 0.934. The highest BCUT2D eigenvalue weighted by Crippen LogP contribution is 2.11. The van der Waals surface area contributed by atoms with Crippen LogP contribution in [0.25, 0.3) is 0 Å². The molecule has 0 unspecified atom stereocenters. The molecule has 0 spiro atoms. The molecule has 0 bridgehead atoms. The first-order valence-electron chi connectivity index (χ1n) is 4.31. The van der Waals surface area contributed by atoms with E-state index in [-0.39, 0.29) is 12.4 Å². The molecule has 14 heavy (non-hydrogen) atoms. The maximum Gasteiger partial charge on any atom is 0.333 e. The smallest absolute Gasteiger partial charge is 0.333 e. The number of anilines is 1. The molecule has 82 valence electrons. The van der Waals surface area contributed by atoms with E-state index >= 15 is 0 Å². The van der Waals surface area contributed by atoms with Gasteiger partial charge in [0.25, 0.3) is 0 Å². The number of hydrogen-bond donors (Lipinski definition) is 1. The minimum atomic E-state index is -2.55. The van der Waals surface area contributed by atoms with Gasteiger partial charge in [-0.05, 0) is 6.42 Å². The molecular weight excluding hydrogens is 212 g/mol. The Morgan fingerprint density at radius 1 is 1.57 bits per heavy atom. The highest BCUT2D eigenvalue weighted by atomic mass is 35.5. The Labute approximate surface area is 87.9 Å². The molecule has 0 saturated heterocycles. The van der Waals surface area contributed by atoms with Crippen molar-refractivity contribution in [3.63, 3.8) is 0 Å². The molecule has 1 aromatic heterocycles. The molecule has 1 aromatic rings. The third kappa shape index (κ3) is 3.91. The zero-order valence-electron chi connectivity index (χ0n) is 7.91. The van der Waals surface area contributed by atoms with Crippen molar-refractivity contribution in [2.45, 2.75) is 26.3 Å². The van der Waals surface area contributed by atoms with Gasteiger partial charge in [0.1, 0.15) is 5.82 Å². The standard InChI is InChI=1S/C8H13F2N3.ClH/c1-2-3-5-11-7-4-6-13(12-7)8(9)10;/h4,6,8H,2-3,5H2,1H3,(H,11,12);1H. The predicted molar refractivity (Wildman–Crippen MR) is 54.1 cm³/mol. The Kier molecular flexibility index (Phi) is 6.19. The van der Waals surface area contributed by atoms with Gasteiger partial charge in [-0.1, -0.05) is 13.3 Å². The van der Waals surface area contributed by atoms with Gasteiger partial charge in [0.2, 0.25) is 0 Å². The van der Waals surface area contributed by atoms with Gasteiger partial charge in [-0.25, -0.2) is 4.68 Å². The monoisotopic (exact) mass is 225 g/mol. The van der Waals surface area contributed by atoms with E-state index in [9.17, 15) is 8.78 Å². The second kappa shape index (κ2) is 6.59. The molecule has 0 amide bonds. The molecule has 3 nitrogen and oxygen atoms in total. The zero-order valence-corrected chi connectivity index (χ0v) is 8.73. The molecule has 1 N–H and O–H groups in total. The minimum absolute atomic E-state index is 0. The van der Waals surface area contributed by atoms with Crippen molar-refractivity contribution in [1.29, 1.82) is 0 Å². The van der Waals surface area contributed by atoms with E-state index in [0.717, 1.165) is 19.4 Å². The van der Waals surface area contributed by atoms with Gasteiger partial charge in [0.05, 0.1) is 0 Å². The van der Waals surface area contributed by atoms with Crippen LogP contribution >= 0.6 is 12.4 Å². The van der Waals surface area contributed by atoms with Crippen molar-refractivity contribution < 1.29 is 8.78 Å². The van der Waals surface area contributed by atoms with E-state index in [1.807, 2.05) is 0 Å². The zero-order chi connectivity index (χ0) is 9.68. The van der Waals surface area contributed by atoms with Crippen LogP contribution in [0.15, 0.2) is 12.3 Å². The fourth-order valence-corrected chi connectivity index (χ4v) is 0.934. The van der Waals surface area contributed by atoms with Crippen LogP contribution in [0.4, 0.5) is 14.6 Å². The molecule has 1 rings (SSSR count). The number of nitrogens with one attached hydrogen (secondary N) is 1. The van der Waals surface area contributed by atoms with Gasteiger partial charge in [0.15, 0.2) is 0 Å². The third-order valence-electron chi connectivity index (χ3n) is 1.64. The summed E-state index contributed by atoms with van der Waals surface area (Å²) in [5.74, 6) is 0.508. The maximum absolute atomic E-state index is 12.0. The van der Waals surface area contributed by atoms with Crippen molar-refractivity contribution >= 4 is 18.2 Å². The van der Waals surface area contributed by atoms with Gasteiger partial charge < -0.3 is 5.32 Å². The lowest BCUT2D eigenvalue weighted by Crippen LogP contribution is -2.03. The SMILES string of the molecule is CCCCNc1ccn(C(F)F)n1.Cl. The van der Waals surface area contributed by atoms with Crippen LogP contribution < -0.4 is 5.32 Å². The van der Waals surface area contributed by atoms with E-state index in [0.29, 0.717) is 10.5 Å². The fraction of sp³-hybridized carbons (Fsp3) is 0.625. The Hall–Kier alpha value is -0.840. The van der Waals surface area contributed by atoms with Crippen molar-refractivity contribution in [3.8, 4) is 0 Å². The van der Waals surface area contributed by atoms with Gasteiger partial charge in [-0.3, -0.25) is 0 Å². The van der Waals surface area contributed by atoms with Crippen LogP contribution in [-0.4, -0.2) is 16.3 Å². The number of aromatic nitrogens is 2. The number of nitrogens with zero attached hydrogens (tertiary/aromatic N) is 2. The topological polar surface area (TPSA) is 29.9 Å². The quantitative estimate of drug-likeness (QED) is 0.781. The maximum atomic E-state index is 12.0. The molecule has 0 radical (unpaired) electrons. The van der Waals surface area contributed by atoms with Crippen LogP contribution in [0.1, 0.15) is 26.3 Å². The Bertz CT molecular complexity index is 252. The van der Waals surface area contributed by atoms with Gasteiger partial charge in [0, 0.05) is 18.8 Å². The normalized spacial score (nSPS) is 10.0. The first-order valence-corrected chi connectivity index (χ1v) is 4.31. The summed E-state index contributed by atoms with van der Waals surface area (Å²) in [6.45, 7) is 0.289. The summed E-state index contributed by atoms with van der Waals surface area (Å²) in [6, 6.07) is 1.54. The number of hydrogen-bond acceptors (Lipinski definition) is 2. The number of rotatable bonds is 5. The van der Waals surface area contributed by atoms with Gasteiger partial charge >= 0.3 is 6.55 Å². The summed E-state index contributed by atoms with van der Waals surface area (Å²) in [5.41, 5.74) is 0. The second-order valence-corrected chi connectivity index (χ2v) is 2.74. The molecular formula is C8H14ClF2N3. The minimum Gasteiger partial charge on any atom is -0.369 e. The molecule has 0 aliphatic rings. The molecule has 0 atom stereocenters. The highest BCUT2D eigenvalue weighted by molar-refractivity contribution is 5.85. The molecule has 0 aliphatic carbocycles. The van der Waals surface area contributed by atoms with Crippen LogP contribution in [0.3, 0.4) is 0 Å². The highest BCUT2D eigenvalue weighted by Gasteiger charge is 2.06. The number of unbranched alkanes of at least 4 members (excludes halogenated alkanes) is 1. The number of halogens is 3. The van der Waals surface area contributed by atoms with E-state index in [4.69, 9.17) is 0 Å². The van der Waals surface area contributed by atoms with Gasteiger partial charge in [-0.2, -0.15) is 13.9 Å². The summed E-state index contributed by atoms with van der Waals surface area (Å²) >= 11 is 0. The third-order valence-corrected chi connectivity index (χ3v) is 1.64. The lowest BCUT2D eigenvalue weighted by Gasteiger charge is -2.00. The molecule has 0 fully saturated rings. The van der Waals surface area contributed by atoms with Crippen LogP contribution in [0.5, 0.6) is 0 Å². The summed E-state index contributed by atoms with van der Waals surface area (Å²) in [4.78, 5) is 0. The van der Waals surface area contributed by atoms with Crippen LogP contribution in [0, 0.1) is 0 Å². The predicted octanol–water partition coefficient (Wildman–Crippen LogP) is 2.91. The largest absolute Gasteiger partial charge is 0.369 e. The molecule has 0 aliphatic heterocycles. The first kappa shape index (κ1) is 13.2. The average molecular weight is 226 g/mol. The molecule has 0 saturated carbocycles. The van der Waals surface area contributed by atoms with Crippen molar-refractivity contribution in [1.82, 2.24) is 9.78 Å². The van der Waals surface area contributed by atoms with E-state index in [1.54, 1.807) is 6.07 Å². The van der Waals surface area contributed by atoms with Gasteiger partial charge in [-0.15, -0.1) is 12.4 Å². The second-order valence-electron chi connectivity index (χ2n) is 2.74. The lowest BCUT2D eigenvalue weighted by atomic mass is 10.3. The summed E-state index contributed by atoms with van der Waals surface area (Å²) in [5, 5.41) is 6.59. The lowest BCUT2D eigenvalue weighted by molar-refractivity contribution is 0.0569. The van der Waals surface area contributed by atoms with E-state index in [1.165, 1.54) is 6.20 Å². The van der Waals surface area contributed by atoms with Crippen molar-refractivity contribution in [3.05, 3.63) is 12.3 Å². The first-order chi connectivity index (χ1) is 6.24. The summed E-state index contributed by atoms with van der Waals surface area (Å²) < 4.78 is 24.7.